The first-order valence-corrected chi connectivity index (χ1v) is 1.40. The molecule has 0 saturated heterocycles. The van der Waals surface area contributed by atoms with Gasteiger partial charge in [-0.3, -0.25) is 0 Å². The molecular weight excluding hydrogens is 146 g/mol. The van der Waals surface area contributed by atoms with E-state index in [-0.39, 0.29) is 109 Å². The quantitative estimate of drug-likeness (QED) is 0.325. The van der Waals surface area contributed by atoms with Crippen LogP contribution in [0.25, 0.3) is 0 Å². The Hall–Kier alpha value is 3.19. The minimum Gasteiger partial charge on any atom is -0.857 e. The van der Waals surface area contributed by atoms with Crippen LogP contribution in [0.4, 0.5) is 0 Å². The van der Waals surface area contributed by atoms with Crippen LogP contribution >= 0.6 is 0 Å². The number of hydrogen-bond acceptors (Lipinski definition) is 2. The van der Waals surface area contributed by atoms with Crippen molar-refractivity contribution in [2.45, 2.75) is 6.92 Å². The third kappa shape index (κ3) is 46.7. The summed E-state index contributed by atoms with van der Waals surface area (Å²) in [6.07, 6.45) is 0. The molecular formula is C3H8K2O2. The van der Waals surface area contributed by atoms with E-state index in [1.165, 1.54) is 0 Å². The Labute approximate surface area is 130 Å². The van der Waals surface area contributed by atoms with E-state index in [1.54, 1.807) is 6.92 Å². The molecule has 0 radical (unpaired) electrons. The van der Waals surface area contributed by atoms with Crippen molar-refractivity contribution in [2.24, 2.45) is 0 Å². The van der Waals surface area contributed by atoms with E-state index in [0.717, 1.165) is 7.11 Å². The van der Waals surface area contributed by atoms with Crippen molar-refractivity contribution in [1.29, 1.82) is 0 Å². The van der Waals surface area contributed by atoms with Crippen molar-refractivity contribution < 1.29 is 113 Å². The zero-order valence-electron chi connectivity index (χ0n) is 5.52. The molecule has 0 N–H and O–H groups in total. The van der Waals surface area contributed by atoms with Gasteiger partial charge in [-0.25, -0.2) is 0 Å². The molecule has 0 spiro atoms. The Morgan fingerprint density at radius 2 is 1.14 bits per heavy atom. The van der Waals surface area contributed by atoms with Crippen LogP contribution in [-0.4, -0.2) is 13.7 Å². The molecule has 7 heavy (non-hydrogen) atoms. The summed E-state index contributed by atoms with van der Waals surface area (Å²) in [6, 6.07) is 0. The Morgan fingerprint density at radius 1 is 1.14 bits per heavy atom. The fourth-order valence-corrected chi connectivity index (χ4v) is 0. The Kier molecular flexibility index (Phi) is 113. The molecule has 0 heterocycles. The zero-order chi connectivity index (χ0) is 4.71. The standard InChI is InChI=1S/C2H5O.CH3O.2K/c1-2-3;1-2;;/h2H2,1H3;1H3;;/q2*-1;2*+1. The average molecular weight is 154 g/mol. The van der Waals surface area contributed by atoms with Gasteiger partial charge in [-0.15, -0.1) is 6.61 Å². The van der Waals surface area contributed by atoms with Crippen molar-refractivity contribution in [3.63, 3.8) is 0 Å². The van der Waals surface area contributed by atoms with Crippen LogP contribution in [-0.2, 0) is 0 Å². The van der Waals surface area contributed by atoms with Crippen molar-refractivity contribution in [3.05, 3.63) is 0 Å². The van der Waals surface area contributed by atoms with Crippen molar-refractivity contribution >= 4 is 0 Å². The van der Waals surface area contributed by atoms with Gasteiger partial charge in [-0.2, -0.15) is 7.11 Å². The molecule has 0 aromatic carbocycles. The van der Waals surface area contributed by atoms with Gasteiger partial charge in [0.15, 0.2) is 0 Å². The second kappa shape index (κ2) is 35.1. The second-order valence-electron chi connectivity index (χ2n) is 0.289. The molecule has 34 valence electrons. The smallest absolute Gasteiger partial charge is 0.857 e. The molecule has 0 atom stereocenters. The molecule has 0 bridgehead atoms. The summed E-state index contributed by atoms with van der Waals surface area (Å²) in [6.45, 7) is 1.57. The predicted molar refractivity (Wildman–Crippen MR) is 16.5 cm³/mol. The van der Waals surface area contributed by atoms with Crippen LogP contribution in [0.5, 0.6) is 0 Å². The molecule has 0 aliphatic heterocycles. The van der Waals surface area contributed by atoms with E-state index in [4.69, 9.17) is 10.2 Å². The summed E-state index contributed by atoms with van der Waals surface area (Å²) in [5.74, 6) is 0. The molecule has 4 heteroatoms. The summed E-state index contributed by atoms with van der Waals surface area (Å²) in [5.41, 5.74) is 0. The topological polar surface area (TPSA) is 46.1 Å². The maximum Gasteiger partial charge on any atom is 1.00 e. The fourth-order valence-electron chi connectivity index (χ4n) is 0. The van der Waals surface area contributed by atoms with Gasteiger partial charge in [0.2, 0.25) is 0 Å². The summed E-state index contributed by atoms with van der Waals surface area (Å²) in [4.78, 5) is 0. The maximum atomic E-state index is 8.93. The molecule has 0 rings (SSSR count). The van der Waals surface area contributed by atoms with Crippen LogP contribution in [0, 0.1) is 0 Å². The first kappa shape index (κ1) is 22.5. The molecule has 0 aliphatic carbocycles. The van der Waals surface area contributed by atoms with E-state index < -0.39 is 0 Å². The summed E-state index contributed by atoms with van der Waals surface area (Å²) >= 11 is 0. The Balaban J connectivity index is -0.0000000105. The minimum absolute atomic E-state index is 0. The zero-order valence-corrected chi connectivity index (χ0v) is 11.8. The van der Waals surface area contributed by atoms with E-state index in [9.17, 15) is 0 Å². The van der Waals surface area contributed by atoms with Crippen LogP contribution in [0.2, 0.25) is 0 Å². The monoisotopic (exact) mass is 154 g/mol. The molecule has 0 fully saturated rings. The third-order valence-corrected chi connectivity index (χ3v) is 0. The van der Waals surface area contributed by atoms with Gasteiger partial charge in [0.05, 0.1) is 0 Å². The SMILES string of the molecule is CC[O-].C[O-].[K+].[K+]. The molecule has 0 aliphatic rings. The molecule has 0 aromatic rings. The first-order valence-electron chi connectivity index (χ1n) is 1.40. The largest absolute Gasteiger partial charge is 1.00 e. The first-order chi connectivity index (χ1) is 2.41. The number of rotatable bonds is 0. The molecule has 0 amide bonds. The molecule has 2 nitrogen and oxygen atoms in total. The molecule has 0 saturated carbocycles. The van der Waals surface area contributed by atoms with Gasteiger partial charge in [0.1, 0.15) is 0 Å². The average Bonchev–Trinajstić information content (AvgIpc) is 1.46. The van der Waals surface area contributed by atoms with E-state index in [2.05, 4.69) is 0 Å². The van der Waals surface area contributed by atoms with Crippen LogP contribution in [0.15, 0.2) is 0 Å². The Bertz CT molecular complexity index is 10.9. The van der Waals surface area contributed by atoms with E-state index >= 15 is 0 Å². The van der Waals surface area contributed by atoms with Crippen molar-refractivity contribution in [3.8, 4) is 0 Å². The third-order valence-electron chi connectivity index (χ3n) is 0. The molecule has 0 aromatic heterocycles. The van der Waals surface area contributed by atoms with E-state index in [1.807, 2.05) is 0 Å². The van der Waals surface area contributed by atoms with Crippen LogP contribution in [0.1, 0.15) is 6.92 Å². The maximum absolute atomic E-state index is 8.93. The predicted octanol–water partition coefficient (Wildman–Crippen LogP) is -7.65. The summed E-state index contributed by atoms with van der Waals surface area (Å²) in [7, 11) is 0.750. The van der Waals surface area contributed by atoms with Gasteiger partial charge >= 0.3 is 103 Å². The van der Waals surface area contributed by atoms with Crippen LogP contribution < -0.4 is 113 Å². The number of hydrogen-bond donors (Lipinski definition) is 0. The second-order valence-corrected chi connectivity index (χ2v) is 0.289. The van der Waals surface area contributed by atoms with Gasteiger partial charge in [0.25, 0.3) is 0 Å². The summed E-state index contributed by atoms with van der Waals surface area (Å²) in [5, 5.41) is 17.2. The summed E-state index contributed by atoms with van der Waals surface area (Å²) < 4.78 is 0. The fraction of sp³-hybridized carbons (Fsp3) is 1.00. The van der Waals surface area contributed by atoms with E-state index in [0.29, 0.717) is 0 Å². The molecule has 0 unspecified atom stereocenters. The van der Waals surface area contributed by atoms with Gasteiger partial charge in [-0.05, 0) is 0 Å². The normalized spacial score (nSPS) is 3.43. The van der Waals surface area contributed by atoms with Gasteiger partial charge in [-0.1, -0.05) is 6.92 Å². The van der Waals surface area contributed by atoms with Gasteiger partial charge < -0.3 is 10.2 Å². The van der Waals surface area contributed by atoms with Crippen molar-refractivity contribution in [1.82, 2.24) is 0 Å². The Morgan fingerprint density at radius 3 is 1.14 bits per heavy atom. The van der Waals surface area contributed by atoms with Gasteiger partial charge in [0, 0.05) is 0 Å². The minimum atomic E-state index is 0. The van der Waals surface area contributed by atoms with Crippen LogP contribution in [0.3, 0.4) is 0 Å². The van der Waals surface area contributed by atoms with Crippen molar-refractivity contribution in [2.75, 3.05) is 13.7 Å².